The molecule has 0 saturated carbocycles. The van der Waals surface area contributed by atoms with Crippen molar-refractivity contribution >= 4 is 6.03 Å². The Hall–Kier alpha value is -1.62. The van der Waals surface area contributed by atoms with Gasteiger partial charge < -0.3 is 15.0 Å². The van der Waals surface area contributed by atoms with Gasteiger partial charge in [-0.15, -0.1) is 0 Å². The summed E-state index contributed by atoms with van der Waals surface area (Å²) in [6.07, 6.45) is 2.54. The maximum absolute atomic E-state index is 12.4. The number of urea groups is 1. The summed E-state index contributed by atoms with van der Waals surface area (Å²) >= 11 is 0. The van der Waals surface area contributed by atoms with Gasteiger partial charge in [-0.1, -0.05) is 0 Å². The molecule has 0 aromatic carbocycles. The predicted octanol–water partition coefficient (Wildman–Crippen LogP) is 2.78. The summed E-state index contributed by atoms with van der Waals surface area (Å²) < 4.78 is 5.40. The van der Waals surface area contributed by atoms with Crippen molar-refractivity contribution in [3.8, 4) is 0 Å². The Morgan fingerprint density at radius 1 is 1.50 bits per heavy atom. The smallest absolute Gasteiger partial charge is 0.317 e. The number of rotatable bonds is 7. The van der Waals surface area contributed by atoms with Gasteiger partial charge in [0.15, 0.2) is 0 Å². The lowest BCUT2D eigenvalue weighted by atomic mass is 10.1. The van der Waals surface area contributed by atoms with Gasteiger partial charge in [0.2, 0.25) is 0 Å². The van der Waals surface area contributed by atoms with Gasteiger partial charge in [0.1, 0.15) is 0 Å². The van der Waals surface area contributed by atoms with Crippen LogP contribution >= 0.6 is 0 Å². The van der Waals surface area contributed by atoms with Gasteiger partial charge in [-0.3, -0.25) is 4.98 Å². The number of ether oxygens (including phenoxy) is 1. The van der Waals surface area contributed by atoms with Crippen molar-refractivity contribution in [2.75, 3.05) is 20.3 Å². The fourth-order valence-electron chi connectivity index (χ4n) is 2.12. The Kier molecular flexibility index (Phi) is 6.81. The molecule has 1 aromatic heterocycles. The first-order valence-corrected chi connectivity index (χ1v) is 7.79. The Labute approximate surface area is 134 Å². The van der Waals surface area contributed by atoms with E-state index in [9.17, 15) is 4.79 Å². The van der Waals surface area contributed by atoms with Gasteiger partial charge in [-0.25, -0.2) is 4.79 Å². The van der Waals surface area contributed by atoms with E-state index in [0.29, 0.717) is 13.2 Å². The number of pyridine rings is 1. The second-order valence-corrected chi connectivity index (χ2v) is 6.44. The molecule has 5 heteroatoms. The molecule has 1 heterocycles. The number of carbonyl (C=O) groups is 1. The maximum Gasteiger partial charge on any atom is 0.317 e. The Bertz CT molecular complexity index is 489. The molecule has 22 heavy (non-hydrogen) atoms. The zero-order valence-electron chi connectivity index (χ0n) is 14.6. The monoisotopic (exact) mass is 307 g/mol. The molecule has 0 fully saturated rings. The van der Waals surface area contributed by atoms with Crippen LogP contribution in [-0.4, -0.2) is 47.8 Å². The summed E-state index contributed by atoms with van der Waals surface area (Å²) in [5, 5.41) is 3.01. The molecule has 1 N–H and O–H groups in total. The lowest BCUT2D eigenvalue weighted by molar-refractivity contribution is 0.0905. The first-order valence-electron chi connectivity index (χ1n) is 7.79. The molecule has 0 aliphatic carbocycles. The first-order chi connectivity index (χ1) is 10.2. The van der Waals surface area contributed by atoms with Crippen molar-refractivity contribution in [1.82, 2.24) is 15.2 Å². The molecule has 1 rings (SSSR count). The van der Waals surface area contributed by atoms with E-state index in [1.165, 1.54) is 5.56 Å². The lowest BCUT2D eigenvalue weighted by Gasteiger charge is -2.31. The van der Waals surface area contributed by atoms with Crippen LogP contribution < -0.4 is 5.32 Å². The van der Waals surface area contributed by atoms with E-state index in [1.54, 1.807) is 4.90 Å². The molecule has 0 aliphatic heterocycles. The van der Waals surface area contributed by atoms with Crippen LogP contribution in [0.4, 0.5) is 4.79 Å². The molecule has 1 aromatic rings. The summed E-state index contributed by atoms with van der Waals surface area (Å²) in [4.78, 5) is 18.4. The number of hydrogen-bond acceptors (Lipinski definition) is 3. The number of hydrogen-bond donors (Lipinski definition) is 1. The standard InChI is InChI=1S/C17H29N3O2/c1-7-22-12-17(4,5)19-16(21)20(6)14(3)11-15-10-13(2)8-9-18-15/h8-10,14H,7,11-12H2,1-6H3,(H,19,21)/t14-/m0/s1. The van der Waals surface area contributed by atoms with Crippen molar-refractivity contribution in [2.45, 2.75) is 52.6 Å². The molecular formula is C17H29N3O2. The zero-order valence-corrected chi connectivity index (χ0v) is 14.6. The number of nitrogens with zero attached hydrogens (tertiary/aromatic N) is 2. The highest BCUT2D eigenvalue weighted by atomic mass is 16.5. The molecule has 0 saturated heterocycles. The lowest BCUT2D eigenvalue weighted by Crippen LogP contribution is -2.53. The molecule has 0 bridgehead atoms. The molecule has 0 unspecified atom stereocenters. The molecule has 1 atom stereocenters. The highest BCUT2D eigenvalue weighted by Crippen LogP contribution is 2.09. The number of amides is 2. The van der Waals surface area contributed by atoms with Crippen LogP contribution in [0, 0.1) is 6.92 Å². The average molecular weight is 307 g/mol. The zero-order chi connectivity index (χ0) is 16.8. The van der Waals surface area contributed by atoms with Crippen LogP contribution in [0.2, 0.25) is 0 Å². The van der Waals surface area contributed by atoms with E-state index in [-0.39, 0.29) is 17.6 Å². The van der Waals surface area contributed by atoms with Crippen LogP contribution in [0.5, 0.6) is 0 Å². The Balaban J connectivity index is 2.58. The third-order valence-corrected chi connectivity index (χ3v) is 3.57. The normalized spacial score (nSPS) is 12.8. The third-order valence-electron chi connectivity index (χ3n) is 3.57. The largest absolute Gasteiger partial charge is 0.379 e. The predicted molar refractivity (Wildman–Crippen MR) is 89.0 cm³/mol. The first kappa shape index (κ1) is 18.4. The van der Waals surface area contributed by atoms with Crippen LogP contribution in [0.1, 0.15) is 39.0 Å². The number of aryl methyl sites for hydroxylation is 1. The SMILES string of the molecule is CCOCC(C)(C)NC(=O)N(C)[C@@H](C)Cc1cc(C)ccn1. The van der Waals surface area contributed by atoms with Gasteiger partial charge in [-0.05, 0) is 52.3 Å². The second kappa shape index (κ2) is 8.13. The highest BCUT2D eigenvalue weighted by molar-refractivity contribution is 5.75. The van der Waals surface area contributed by atoms with E-state index >= 15 is 0 Å². The molecule has 2 amide bonds. The van der Waals surface area contributed by atoms with E-state index in [0.717, 1.165) is 12.1 Å². The maximum atomic E-state index is 12.4. The second-order valence-electron chi connectivity index (χ2n) is 6.44. The fraction of sp³-hybridized carbons (Fsp3) is 0.647. The minimum atomic E-state index is -0.386. The van der Waals surface area contributed by atoms with Gasteiger partial charge in [0.25, 0.3) is 0 Å². The van der Waals surface area contributed by atoms with Gasteiger partial charge in [0, 0.05) is 38.0 Å². The summed E-state index contributed by atoms with van der Waals surface area (Å²) in [5.74, 6) is 0. The fourth-order valence-corrected chi connectivity index (χ4v) is 2.12. The molecular weight excluding hydrogens is 278 g/mol. The molecule has 0 aliphatic rings. The molecule has 124 valence electrons. The average Bonchev–Trinajstić information content (AvgIpc) is 2.43. The third kappa shape index (κ3) is 6.02. The summed E-state index contributed by atoms with van der Waals surface area (Å²) in [6.45, 7) is 11.1. The Morgan fingerprint density at radius 3 is 2.77 bits per heavy atom. The van der Waals surface area contributed by atoms with E-state index < -0.39 is 0 Å². The number of likely N-dealkylation sites (N-methyl/N-ethyl adjacent to an activating group) is 1. The summed E-state index contributed by atoms with van der Waals surface area (Å²) in [5.41, 5.74) is 1.80. The van der Waals surface area contributed by atoms with Crippen LogP contribution in [0.3, 0.4) is 0 Å². The minimum absolute atomic E-state index is 0.0668. The minimum Gasteiger partial charge on any atom is -0.379 e. The summed E-state index contributed by atoms with van der Waals surface area (Å²) in [6, 6.07) is 4.00. The van der Waals surface area contributed by atoms with Crippen LogP contribution in [0.25, 0.3) is 0 Å². The number of carbonyl (C=O) groups excluding carboxylic acids is 1. The van der Waals surface area contributed by atoms with Crippen molar-refractivity contribution in [1.29, 1.82) is 0 Å². The quantitative estimate of drug-likeness (QED) is 0.843. The van der Waals surface area contributed by atoms with Gasteiger partial charge in [0.05, 0.1) is 12.1 Å². The van der Waals surface area contributed by atoms with Crippen molar-refractivity contribution in [3.63, 3.8) is 0 Å². The van der Waals surface area contributed by atoms with E-state index in [1.807, 2.05) is 53.9 Å². The Morgan fingerprint density at radius 2 is 2.18 bits per heavy atom. The van der Waals surface area contributed by atoms with Gasteiger partial charge in [-0.2, -0.15) is 0 Å². The van der Waals surface area contributed by atoms with E-state index in [4.69, 9.17) is 4.74 Å². The number of nitrogens with one attached hydrogen (secondary N) is 1. The van der Waals surface area contributed by atoms with Crippen LogP contribution in [0.15, 0.2) is 18.3 Å². The van der Waals surface area contributed by atoms with Crippen molar-refractivity contribution < 1.29 is 9.53 Å². The van der Waals surface area contributed by atoms with E-state index in [2.05, 4.69) is 16.4 Å². The summed E-state index contributed by atoms with van der Waals surface area (Å²) in [7, 11) is 1.81. The highest BCUT2D eigenvalue weighted by Gasteiger charge is 2.24. The number of aromatic nitrogens is 1. The van der Waals surface area contributed by atoms with Crippen molar-refractivity contribution in [3.05, 3.63) is 29.6 Å². The van der Waals surface area contributed by atoms with Gasteiger partial charge >= 0.3 is 6.03 Å². The topological polar surface area (TPSA) is 54.5 Å². The molecule has 5 nitrogen and oxygen atoms in total. The molecule has 0 radical (unpaired) electrons. The van der Waals surface area contributed by atoms with Crippen molar-refractivity contribution in [2.24, 2.45) is 0 Å². The van der Waals surface area contributed by atoms with Crippen LogP contribution in [-0.2, 0) is 11.2 Å². The molecule has 0 spiro atoms.